The van der Waals surface area contributed by atoms with Crippen LogP contribution in [0.25, 0.3) is 21.8 Å². The zero-order valence-electron chi connectivity index (χ0n) is 35.0. The number of anilines is 1. The fourth-order valence-electron chi connectivity index (χ4n) is 7.64. The molecule has 0 amide bonds. The quantitative estimate of drug-likeness (QED) is 0.224. The summed E-state index contributed by atoms with van der Waals surface area (Å²) in [6, 6.07) is 16.8. The van der Waals surface area contributed by atoms with Crippen molar-refractivity contribution in [3.05, 3.63) is 169 Å². The van der Waals surface area contributed by atoms with Gasteiger partial charge in [-0.25, -0.2) is 20.2 Å². The van der Waals surface area contributed by atoms with Gasteiger partial charge in [0.15, 0.2) is 0 Å². The predicted octanol–water partition coefficient (Wildman–Crippen LogP) is 12.7. The van der Waals surface area contributed by atoms with Gasteiger partial charge in [0, 0.05) is 25.2 Å². The van der Waals surface area contributed by atoms with Gasteiger partial charge in [0.2, 0.25) is 0 Å². The molecule has 0 spiro atoms. The van der Waals surface area contributed by atoms with Gasteiger partial charge in [-0.2, -0.15) is 0 Å². The highest BCUT2D eigenvalue weighted by atomic mass is 16.5. The van der Waals surface area contributed by atoms with Crippen LogP contribution in [0.3, 0.4) is 0 Å². The second-order valence-corrected chi connectivity index (χ2v) is 17.6. The third kappa shape index (κ3) is 9.76. The van der Waals surface area contributed by atoms with E-state index in [2.05, 4.69) is 76.4 Å². The van der Waals surface area contributed by atoms with Crippen LogP contribution in [0.2, 0.25) is 0 Å². The minimum absolute atomic E-state index is 0.0638. The molecule has 0 saturated carbocycles. The van der Waals surface area contributed by atoms with Crippen molar-refractivity contribution in [2.45, 2.75) is 97.8 Å². The molecule has 2 aromatic carbocycles. The molecule has 57 heavy (non-hydrogen) atoms. The second kappa shape index (κ2) is 16.8. The van der Waals surface area contributed by atoms with Crippen LogP contribution in [0.4, 0.5) is 5.69 Å². The Morgan fingerprint density at radius 3 is 1.72 bits per heavy atom. The van der Waals surface area contributed by atoms with Crippen LogP contribution in [0.1, 0.15) is 115 Å². The van der Waals surface area contributed by atoms with E-state index < -0.39 is 0 Å². The largest absolute Gasteiger partial charge is 0.462 e. The van der Waals surface area contributed by atoms with Crippen molar-refractivity contribution >= 4 is 17.8 Å². The molecule has 0 bridgehead atoms. The number of benzene rings is 2. The average molecular weight is 756 g/mol. The standard InChI is InChI=1S/C31H36N2O.C19H17N3O/c1-29(2,3)27-18-22(26(19-32)33-8)17-23(34-27)10-9-20-15-24-28-21(11-13-30(24,4)5)12-14-31(6,7)25(28)16-20;1-14-11-16(19(13-20)21-2)12-18(23-14)10-7-15-5-8-17(9-6-15)22(3)4/h9-10,15-18,21H,11-14H2,1-7H3;5-12H,1,3-4H3/b10-9+,26-22-;10-7+,19-16+. The summed E-state index contributed by atoms with van der Waals surface area (Å²) in [6.45, 7) is 32.0. The van der Waals surface area contributed by atoms with Crippen molar-refractivity contribution in [2.24, 2.45) is 5.41 Å². The summed E-state index contributed by atoms with van der Waals surface area (Å²) in [5, 5.41) is 18.4. The molecule has 0 saturated heterocycles. The van der Waals surface area contributed by atoms with Gasteiger partial charge in [0.25, 0.3) is 11.4 Å². The molecule has 2 aliphatic carbocycles. The topological polar surface area (TPSA) is 78.0 Å². The van der Waals surface area contributed by atoms with Crippen LogP contribution >= 0.6 is 0 Å². The first-order valence-electron chi connectivity index (χ1n) is 19.4. The van der Waals surface area contributed by atoms with Crippen molar-refractivity contribution in [2.75, 3.05) is 19.0 Å². The van der Waals surface area contributed by atoms with Gasteiger partial charge < -0.3 is 14.4 Å². The van der Waals surface area contributed by atoms with Gasteiger partial charge in [0.05, 0.1) is 25.3 Å². The normalized spacial score (nSPS) is 19.9. The maximum atomic E-state index is 9.42. The zero-order chi connectivity index (χ0) is 41.7. The molecular formula is C50H53N5O2. The van der Waals surface area contributed by atoms with Crippen LogP contribution in [0, 0.1) is 41.2 Å². The van der Waals surface area contributed by atoms with Gasteiger partial charge in [-0.1, -0.05) is 84.9 Å². The van der Waals surface area contributed by atoms with Crippen molar-refractivity contribution in [3.63, 3.8) is 0 Å². The molecule has 290 valence electrons. The minimum Gasteiger partial charge on any atom is -0.462 e. The van der Waals surface area contributed by atoms with Crippen LogP contribution in [-0.2, 0) is 20.3 Å². The molecule has 0 N–H and O–H groups in total. The van der Waals surface area contributed by atoms with Crippen molar-refractivity contribution in [1.29, 1.82) is 10.5 Å². The number of nitrogens with zero attached hydrogens (tertiary/aromatic N) is 5. The highest BCUT2D eigenvalue weighted by molar-refractivity contribution is 5.62. The maximum absolute atomic E-state index is 9.42. The van der Waals surface area contributed by atoms with E-state index in [0.717, 1.165) is 17.0 Å². The number of allylic oxidation sites excluding steroid dienone is 12. The first kappa shape index (κ1) is 41.9. The number of rotatable bonds is 5. The van der Waals surface area contributed by atoms with E-state index >= 15 is 0 Å². The third-order valence-corrected chi connectivity index (χ3v) is 11.1. The van der Waals surface area contributed by atoms with Crippen LogP contribution < -0.4 is 4.90 Å². The summed E-state index contributed by atoms with van der Waals surface area (Å²) in [7, 11) is 4.00. The Labute approximate surface area is 340 Å². The molecule has 7 heteroatoms. The Kier molecular flexibility index (Phi) is 12.4. The zero-order valence-corrected chi connectivity index (χ0v) is 35.0. The number of nitriles is 2. The lowest BCUT2D eigenvalue weighted by molar-refractivity contribution is 0.223. The molecular weight excluding hydrogens is 703 g/mol. The van der Waals surface area contributed by atoms with Gasteiger partial charge in [0.1, 0.15) is 23.0 Å². The third-order valence-electron chi connectivity index (χ3n) is 11.1. The fourth-order valence-corrected chi connectivity index (χ4v) is 7.64. The van der Waals surface area contributed by atoms with Crippen molar-refractivity contribution in [3.8, 4) is 12.1 Å². The monoisotopic (exact) mass is 755 g/mol. The summed E-state index contributed by atoms with van der Waals surface area (Å²) in [4.78, 5) is 8.69. The highest BCUT2D eigenvalue weighted by Crippen LogP contribution is 2.53. The molecule has 4 aliphatic rings. The molecule has 2 aromatic rings. The SMILES string of the molecule is [C-]#[N+]/C(C#N)=C1C=C(/C=C/c2cc3c4c(c2)C(C)(C)CCC4CCC3(C)C)OC(C(C)(C)C)=C/1.[C-]#[N+]/C(C#N)=C1\C=C(C)OC(/C=C/c2ccc(N(C)C)cc2)=C1. The van der Waals surface area contributed by atoms with Crippen LogP contribution in [-0.4, -0.2) is 14.1 Å². The van der Waals surface area contributed by atoms with E-state index in [0.29, 0.717) is 34.3 Å². The molecule has 0 fully saturated rings. The lowest BCUT2D eigenvalue weighted by Gasteiger charge is -2.45. The molecule has 0 radical (unpaired) electrons. The number of hydrogen-bond donors (Lipinski definition) is 0. The molecule has 2 heterocycles. The number of hydrogen-bond acceptors (Lipinski definition) is 5. The van der Waals surface area contributed by atoms with Gasteiger partial charge >= 0.3 is 0 Å². The van der Waals surface area contributed by atoms with E-state index in [1.54, 1.807) is 30.7 Å². The average Bonchev–Trinajstić information content (AvgIpc) is 3.16. The lowest BCUT2D eigenvalue weighted by Crippen LogP contribution is -2.34. The van der Waals surface area contributed by atoms with Crippen LogP contribution in [0.5, 0.6) is 0 Å². The molecule has 0 atom stereocenters. The van der Waals surface area contributed by atoms with Crippen LogP contribution in [0.15, 0.2) is 118 Å². The van der Waals surface area contributed by atoms with Gasteiger partial charge in [-0.15, -0.1) is 0 Å². The van der Waals surface area contributed by atoms with Crippen molar-refractivity contribution < 1.29 is 9.47 Å². The minimum atomic E-state index is -0.236. The molecule has 2 aliphatic heterocycles. The Morgan fingerprint density at radius 2 is 1.25 bits per heavy atom. The fraction of sp³-hybridized carbons (Fsp3) is 0.360. The summed E-state index contributed by atoms with van der Waals surface area (Å²) >= 11 is 0. The first-order valence-corrected chi connectivity index (χ1v) is 19.4. The summed E-state index contributed by atoms with van der Waals surface area (Å²) in [5.41, 5.74) is 9.43. The van der Waals surface area contributed by atoms with E-state index in [1.165, 1.54) is 42.4 Å². The summed E-state index contributed by atoms with van der Waals surface area (Å²) < 4.78 is 11.8. The molecule has 6 rings (SSSR count). The Hall–Kier alpha value is -6.28. The van der Waals surface area contributed by atoms with Gasteiger partial charge in [-0.05, 0) is 137 Å². The van der Waals surface area contributed by atoms with Crippen molar-refractivity contribution in [1.82, 2.24) is 0 Å². The predicted molar refractivity (Wildman–Crippen MR) is 231 cm³/mol. The van der Waals surface area contributed by atoms with E-state index in [4.69, 9.17) is 27.9 Å². The Bertz CT molecular complexity index is 2280. The summed E-state index contributed by atoms with van der Waals surface area (Å²) in [6.07, 6.45) is 19.9. The maximum Gasteiger partial charge on any atom is 0.269 e. The molecule has 0 aromatic heterocycles. The smallest absolute Gasteiger partial charge is 0.269 e. The molecule has 0 unspecified atom stereocenters. The van der Waals surface area contributed by atoms with E-state index in [-0.39, 0.29) is 27.6 Å². The first-order chi connectivity index (χ1) is 26.9. The molecule has 7 nitrogen and oxygen atoms in total. The lowest BCUT2D eigenvalue weighted by atomic mass is 9.59. The second-order valence-electron chi connectivity index (χ2n) is 17.6. The highest BCUT2D eigenvalue weighted by Gasteiger charge is 2.41. The number of ether oxygens (including phenoxy) is 2. The summed E-state index contributed by atoms with van der Waals surface area (Å²) in [5.74, 6) is 3.36. The van der Waals surface area contributed by atoms with Gasteiger partial charge in [-0.3, -0.25) is 0 Å². The Morgan fingerprint density at radius 1 is 0.754 bits per heavy atom. The Balaban J connectivity index is 0.000000235. The van der Waals surface area contributed by atoms with E-state index in [1.807, 2.05) is 79.7 Å². The van der Waals surface area contributed by atoms with E-state index in [9.17, 15) is 5.26 Å².